The summed E-state index contributed by atoms with van der Waals surface area (Å²) in [6.45, 7) is 3.06. The van der Waals surface area contributed by atoms with E-state index in [4.69, 9.17) is 0 Å². The van der Waals surface area contributed by atoms with Gasteiger partial charge in [0.15, 0.2) is 5.65 Å². The minimum atomic E-state index is -4.86. The van der Waals surface area contributed by atoms with Crippen molar-refractivity contribution in [3.05, 3.63) is 36.5 Å². The first kappa shape index (κ1) is 20.5. The Morgan fingerprint density at radius 3 is 2.80 bits per heavy atom. The molecule has 0 bridgehead atoms. The molecule has 1 aliphatic rings. The van der Waals surface area contributed by atoms with Crippen LogP contribution < -0.4 is 10.6 Å². The third-order valence-corrected chi connectivity index (χ3v) is 5.35. The van der Waals surface area contributed by atoms with E-state index in [1.165, 1.54) is 23.7 Å². The zero-order chi connectivity index (χ0) is 21.4. The first-order chi connectivity index (χ1) is 14.3. The molecule has 1 aliphatic heterocycles. The molecular formula is C19H22F3N7O. The van der Waals surface area contributed by atoms with Crippen molar-refractivity contribution in [3.8, 4) is 11.4 Å². The van der Waals surface area contributed by atoms with Gasteiger partial charge in [-0.05, 0) is 31.9 Å². The highest BCUT2D eigenvalue weighted by Gasteiger charge is 2.55. The fourth-order valence-corrected chi connectivity index (χ4v) is 3.55. The Kier molecular flexibility index (Phi) is 5.33. The Morgan fingerprint density at radius 1 is 1.27 bits per heavy atom. The van der Waals surface area contributed by atoms with Crippen LogP contribution in [0.3, 0.4) is 0 Å². The second-order valence-electron chi connectivity index (χ2n) is 7.31. The molecule has 4 rings (SSSR count). The van der Waals surface area contributed by atoms with Crippen molar-refractivity contribution in [2.45, 2.75) is 44.0 Å². The fraction of sp³-hybridized carbons (Fsp3) is 0.474. The molecule has 0 unspecified atom stereocenters. The monoisotopic (exact) mass is 421 g/mol. The fourth-order valence-electron chi connectivity index (χ4n) is 3.55. The summed E-state index contributed by atoms with van der Waals surface area (Å²) in [5, 5.41) is 16.8. The third kappa shape index (κ3) is 3.70. The first-order valence-electron chi connectivity index (χ1n) is 9.75. The lowest BCUT2D eigenvalue weighted by molar-refractivity contribution is -0.269. The van der Waals surface area contributed by atoms with Gasteiger partial charge in [-0.2, -0.15) is 13.2 Å². The quantitative estimate of drug-likeness (QED) is 0.582. The van der Waals surface area contributed by atoms with Gasteiger partial charge in [0.2, 0.25) is 11.5 Å². The average molecular weight is 421 g/mol. The predicted molar refractivity (Wildman–Crippen MR) is 104 cm³/mol. The van der Waals surface area contributed by atoms with Crippen LogP contribution in [0.2, 0.25) is 0 Å². The van der Waals surface area contributed by atoms with E-state index in [1.54, 1.807) is 12.3 Å². The van der Waals surface area contributed by atoms with Gasteiger partial charge in [-0.1, -0.05) is 6.92 Å². The number of piperidine rings is 1. The first-order valence-corrected chi connectivity index (χ1v) is 9.75. The molecule has 160 valence electrons. The highest BCUT2D eigenvalue weighted by molar-refractivity contribution is 5.60. The number of fused-ring (bicyclic) bond motifs is 1. The number of aromatic nitrogens is 5. The van der Waals surface area contributed by atoms with Gasteiger partial charge in [-0.25, -0.2) is 15.0 Å². The molecule has 4 heterocycles. The van der Waals surface area contributed by atoms with E-state index < -0.39 is 23.9 Å². The lowest BCUT2D eigenvalue weighted by Gasteiger charge is -2.28. The molecule has 8 nitrogen and oxygen atoms in total. The zero-order valence-corrected chi connectivity index (χ0v) is 16.3. The van der Waals surface area contributed by atoms with Crippen LogP contribution in [0, 0.1) is 0 Å². The van der Waals surface area contributed by atoms with E-state index in [0.29, 0.717) is 23.0 Å². The summed E-state index contributed by atoms with van der Waals surface area (Å²) < 4.78 is 41.8. The van der Waals surface area contributed by atoms with Gasteiger partial charge in [-0.15, -0.1) is 0 Å². The van der Waals surface area contributed by atoms with Gasteiger partial charge in [-0.3, -0.25) is 9.38 Å². The standard InChI is InChI=1S/C19H22F3N7O/c1-2-18(30,19(20,21)22)15-11-29-14(9-26-16(29)10-25-15)13-5-7-24-17(28-13)27-12-4-3-6-23-8-12/h5,7,9-12,23,30H,2-4,6,8H2,1H3,(H,24,27,28)/t12-,18+/m1/s1. The summed E-state index contributed by atoms with van der Waals surface area (Å²) in [6.07, 6.45) is 2.10. The maximum Gasteiger partial charge on any atom is 0.423 e. The van der Waals surface area contributed by atoms with E-state index in [2.05, 4.69) is 30.6 Å². The highest BCUT2D eigenvalue weighted by atomic mass is 19.4. The van der Waals surface area contributed by atoms with E-state index >= 15 is 0 Å². The summed E-state index contributed by atoms with van der Waals surface area (Å²) in [6, 6.07) is 1.86. The number of imidazole rings is 1. The van der Waals surface area contributed by atoms with Crippen LogP contribution in [0.4, 0.5) is 19.1 Å². The zero-order valence-electron chi connectivity index (χ0n) is 16.3. The number of aliphatic hydroxyl groups is 1. The molecule has 30 heavy (non-hydrogen) atoms. The van der Waals surface area contributed by atoms with Crippen molar-refractivity contribution in [3.63, 3.8) is 0 Å². The average Bonchev–Trinajstić information content (AvgIpc) is 3.16. The van der Waals surface area contributed by atoms with E-state index in [1.807, 2.05) is 0 Å². The van der Waals surface area contributed by atoms with Gasteiger partial charge in [0.05, 0.1) is 29.5 Å². The summed E-state index contributed by atoms with van der Waals surface area (Å²) in [4.78, 5) is 16.8. The maximum absolute atomic E-state index is 13.5. The molecule has 2 atom stereocenters. The minimum absolute atomic E-state index is 0.207. The van der Waals surface area contributed by atoms with Gasteiger partial charge in [0, 0.05) is 25.0 Å². The van der Waals surface area contributed by atoms with Gasteiger partial charge >= 0.3 is 6.18 Å². The third-order valence-electron chi connectivity index (χ3n) is 5.35. The smallest absolute Gasteiger partial charge is 0.375 e. The Hall–Kier alpha value is -2.79. The van der Waals surface area contributed by atoms with Gasteiger partial charge < -0.3 is 15.7 Å². The number of alkyl halides is 3. The van der Waals surface area contributed by atoms with Crippen LogP contribution in [0.25, 0.3) is 17.0 Å². The number of hydrogen-bond donors (Lipinski definition) is 3. The molecule has 11 heteroatoms. The molecular weight excluding hydrogens is 399 g/mol. The van der Waals surface area contributed by atoms with Crippen molar-refractivity contribution >= 4 is 11.6 Å². The molecule has 1 fully saturated rings. The number of nitrogens with one attached hydrogen (secondary N) is 2. The number of anilines is 1. The Balaban J connectivity index is 1.70. The molecule has 0 aromatic carbocycles. The number of hydrogen-bond acceptors (Lipinski definition) is 7. The summed E-state index contributed by atoms with van der Waals surface area (Å²) in [7, 11) is 0. The van der Waals surface area contributed by atoms with Crippen molar-refractivity contribution in [2.75, 3.05) is 18.4 Å². The normalized spacial score (nSPS) is 19.6. The molecule has 3 aromatic heterocycles. The Morgan fingerprint density at radius 2 is 2.10 bits per heavy atom. The summed E-state index contributed by atoms with van der Waals surface area (Å²) in [5.41, 5.74) is -2.23. The van der Waals surface area contributed by atoms with Crippen molar-refractivity contribution in [1.29, 1.82) is 0 Å². The van der Waals surface area contributed by atoms with Gasteiger partial charge in [0.1, 0.15) is 0 Å². The Labute approximate surface area is 170 Å². The largest absolute Gasteiger partial charge is 0.423 e. The summed E-state index contributed by atoms with van der Waals surface area (Å²) >= 11 is 0. The maximum atomic E-state index is 13.5. The molecule has 0 aliphatic carbocycles. The minimum Gasteiger partial charge on any atom is -0.375 e. The molecule has 0 spiro atoms. The predicted octanol–water partition coefficient (Wildman–Crippen LogP) is 2.51. The second-order valence-corrected chi connectivity index (χ2v) is 7.31. The van der Waals surface area contributed by atoms with E-state index in [-0.39, 0.29) is 6.04 Å². The number of rotatable bonds is 5. The van der Waals surface area contributed by atoms with Crippen LogP contribution in [0.1, 0.15) is 31.9 Å². The lowest BCUT2D eigenvalue weighted by Crippen LogP contribution is -2.42. The molecule has 1 saturated heterocycles. The summed E-state index contributed by atoms with van der Waals surface area (Å²) in [5.74, 6) is 0.436. The lowest BCUT2D eigenvalue weighted by atomic mass is 9.96. The second kappa shape index (κ2) is 7.80. The van der Waals surface area contributed by atoms with E-state index in [9.17, 15) is 18.3 Å². The molecule has 0 saturated carbocycles. The molecule has 3 aromatic rings. The van der Waals surface area contributed by atoms with Crippen LogP contribution in [-0.2, 0) is 5.60 Å². The van der Waals surface area contributed by atoms with E-state index in [0.717, 1.165) is 32.1 Å². The van der Waals surface area contributed by atoms with Crippen LogP contribution in [0.5, 0.6) is 0 Å². The molecule has 0 radical (unpaired) electrons. The molecule has 3 N–H and O–H groups in total. The molecule has 0 amide bonds. The van der Waals surface area contributed by atoms with Crippen LogP contribution >= 0.6 is 0 Å². The van der Waals surface area contributed by atoms with Crippen LogP contribution in [-0.4, -0.2) is 54.8 Å². The van der Waals surface area contributed by atoms with Crippen LogP contribution in [0.15, 0.2) is 30.9 Å². The van der Waals surface area contributed by atoms with Crippen molar-refractivity contribution < 1.29 is 18.3 Å². The topological polar surface area (TPSA) is 100 Å². The number of halogens is 3. The van der Waals surface area contributed by atoms with Crippen molar-refractivity contribution in [2.24, 2.45) is 0 Å². The highest BCUT2D eigenvalue weighted by Crippen LogP contribution is 2.40. The SMILES string of the molecule is CC[C@](O)(c1cn2c(-c3ccnc(N[C@@H]4CCCNC4)n3)cnc2cn1)C(F)(F)F. The van der Waals surface area contributed by atoms with Gasteiger partial charge in [0.25, 0.3) is 0 Å². The number of nitrogens with zero attached hydrogens (tertiary/aromatic N) is 5. The Bertz CT molecular complexity index is 1030. The van der Waals surface area contributed by atoms with Crippen molar-refractivity contribution in [1.82, 2.24) is 29.7 Å².